The van der Waals surface area contributed by atoms with Gasteiger partial charge in [0.25, 0.3) is 0 Å². The minimum absolute atomic E-state index is 0.337. The highest BCUT2D eigenvalue weighted by molar-refractivity contribution is 5.19. The van der Waals surface area contributed by atoms with Gasteiger partial charge in [0.2, 0.25) is 5.95 Å². The lowest BCUT2D eigenvalue weighted by Crippen LogP contribution is -2.15. The molecule has 0 aromatic carbocycles. The number of nitrogens with two attached hydrogens (primary N) is 1. The van der Waals surface area contributed by atoms with E-state index in [9.17, 15) is 0 Å². The van der Waals surface area contributed by atoms with Crippen LogP contribution in [0.1, 0.15) is 70.9 Å². The Hall–Kier alpha value is -1.19. The van der Waals surface area contributed by atoms with Crippen molar-refractivity contribution in [2.75, 3.05) is 5.73 Å². The van der Waals surface area contributed by atoms with Crippen molar-refractivity contribution in [1.82, 2.24) is 15.0 Å². The van der Waals surface area contributed by atoms with Crippen LogP contribution in [0.2, 0.25) is 0 Å². The summed E-state index contributed by atoms with van der Waals surface area (Å²) in [5, 5.41) is 0. The van der Waals surface area contributed by atoms with E-state index >= 15 is 0 Å². The largest absolute Gasteiger partial charge is 0.368 e. The second-order valence-corrected chi connectivity index (χ2v) is 4.98. The van der Waals surface area contributed by atoms with Crippen LogP contribution in [-0.4, -0.2) is 15.0 Å². The van der Waals surface area contributed by atoms with Crippen molar-refractivity contribution < 1.29 is 0 Å². The van der Waals surface area contributed by atoms with Gasteiger partial charge in [0.15, 0.2) is 0 Å². The number of hydrogen-bond donors (Lipinski definition) is 1. The lowest BCUT2D eigenvalue weighted by Gasteiger charge is -2.19. The molecule has 2 unspecified atom stereocenters. The molecule has 1 aromatic heterocycles. The van der Waals surface area contributed by atoms with Gasteiger partial charge in [-0.1, -0.05) is 34.6 Å². The summed E-state index contributed by atoms with van der Waals surface area (Å²) < 4.78 is 0. The monoisotopic (exact) mass is 236 g/mol. The van der Waals surface area contributed by atoms with E-state index in [1.54, 1.807) is 0 Å². The normalized spacial score (nSPS) is 14.9. The molecule has 1 aromatic rings. The van der Waals surface area contributed by atoms with Crippen molar-refractivity contribution in [2.24, 2.45) is 5.92 Å². The summed E-state index contributed by atoms with van der Waals surface area (Å²) in [5.41, 5.74) is 5.78. The molecule has 0 spiro atoms. The number of nitrogen functional groups attached to an aromatic ring is 1. The summed E-state index contributed by atoms with van der Waals surface area (Å²) >= 11 is 0. The zero-order valence-corrected chi connectivity index (χ0v) is 11.6. The van der Waals surface area contributed by atoms with Crippen LogP contribution in [0.5, 0.6) is 0 Å². The zero-order valence-electron chi connectivity index (χ0n) is 11.6. The molecule has 2 atom stereocenters. The molecule has 0 aliphatic carbocycles. The van der Waals surface area contributed by atoms with Crippen molar-refractivity contribution >= 4 is 5.95 Å². The first-order chi connectivity index (χ1) is 7.99. The van der Waals surface area contributed by atoms with Crippen LogP contribution >= 0.6 is 0 Å². The standard InChI is InChI=1S/C13H24N4/c1-6-9(5)11-15-12(17-13(14)16-11)10(7-2)8(3)4/h8-10H,6-7H2,1-5H3,(H2,14,15,16,17). The molecule has 17 heavy (non-hydrogen) atoms. The minimum Gasteiger partial charge on any atom is -0.368 e. The third-order valence-electron chi connectivity index (χ3n) is 3.32. The molecule has 1 rings (SSSR count). The maximum Gasteiger partial charge on any atom is 0.223 e. The van der Waals surface area contributed by atoms with E-state index in [-0.39, 0.29) is 0 Å². The predicted molar refractivity (Wildman–Crippen MR) is 70.8 cm³/mol. The van der Waals surface area contributed by atoms with Crippen molar-refractivity contribution in [3.8, 4) is 0 Å². The van der Waals surface area contributed by atoms with Crippen molar-refractivity contribution in [1.29, 1.82) is 0 Å². The Morgan fingerprint density at radius 2 is 1.53 bits per heavy atom. The molecule has 0 fully saturated rings. The van der Waals surface area contributed by atoms with E-state index in [2.05, 4.69) is 49.6 Å². The van der Waals surface area contributed by atoms with Crippen molar-refractivity contribution in [3.63, 3.8) is 0 Å². The highest BCUT2D eigenvalue weighted by atomic mass is 15.1. The van der Waals surface area contributed by atoms with Gasteiger partial charge in [-0.05, 0) is 18.8 Å². The van der Waals surface area contributed by atoms with Gasteiger partial charge in [-0.3, -0.25) is 0 Å². The van der Waals surface area contributed by atoms with Crippen LogP contribution in [0.15, 0.2) is 0 Å². The van der Waals surface area contributed by atoms with Crippen LogP contribution in [0.3, 0.4) is 0 Å². The van der Waals surface area contributed by atoms with Crippen LogP contribution in [0, 0.1) is 5.92 Å². The fourth-order valence-corrected chi connectivity index (χ4v) is 1.95. The SMILES string of the molecule is CCC(C)c1nc(N)nc(C(CC)C(C)C)n1. The zero-order chi connectivity index (χ0) is 13.0. The first-order valence-corrected chi connectivity index (χ1v) is 6.50. The lowest BCUT2D eigenvalue weighted by molar-refractivity contribution is 0.458. The Kier molecular flexibility index (Phi) is 4.85. The minimum atomic E-state index is 0.337. The van der Waals surface area contributed by atoms with E-state index < -0.39 is 0 Å². The maximum atomic E-state index is 5.78. The van der Waals surface area contributed by atoms with Gasteiger partial charge >= 0.3 is 0 Å². The van der Waals surface area contributed by atoms with Gasteiger partial charge in [0, 0.05) is 11.8 Å². The molecule has 0 amide bonds. The van der Waals surface area contributed by atoms with E-state index in [1.807, 2.05) is 0 Å². The number of nitrogens with zero attached hydrogens (tertiary/aromatic N) is 3. The summed E-state index contributed by atoms with van der Waals surface area (Å²) in [5.74, 6) is 3.25. The molecule has 0 bridgehead atoms. The summed E-state index contributed by atoms with van der Waals surface area (Å²) in [6.07, 6.45) is 2.04. The molecule has 1 heterocycles. The van der Waals surface area contributed by atoms with Gasteiger partial charge < -0.3 is 5.73 Å². The van der Waals surface area contributed by atoms with E-state index in [4.69, 9.17) is 5.73 Å². The number of anilines is 1. The van der Waals surface area contributed by atoms with Crippen LogP contribution in [0.4, 0.5) is 5.95 Å². The first kappa shape index (κ1) is 13.9. The Morgan fingerprint density at radius 1 is 0.941 bits per heavy atom. The number of hydrogen-bond acceptors (Lipinski definition) is 4. The van der Waals surface area contributed by atoms with Gasteiger partial charge in [-0.25, -0.2) is 4.98 Å². The average molecular weight is 236 g/mol. The van der Waals surface area contributed by atoms with E-state index in [1.165, 1.54) is 0 Å². The predicted octanol–water partition coefficient (Wildman–Crippen LogP) is 3.12. The Balaban J connectivity index is 3.11. The van der Waals surface area contributed by atoms with Gasteiger partial charge in [-0.15, -0.1) is 0 Å². The third-order valence-corrected chi connectivity index (χ3v) is 3.32. The summed E-state index contributed by atoms with van der Waals surface area (Å²) in [6, 6.07) is 0. The van der Waals surface area contributed by atoms with E-state index in [0.29, 0.717) is 23.7 Å². The maximum absolute atomic E-state index is 5.78. The quantitative estimate of drug-likeness (QED) is 0.853. The van der Waals surface area contributed by atoms with Crippen LogP contribution < -0.4 is 5.73 Å². The average Bonchev–Trinajstić information content (AvgIpc) is 2.27. The molecule has 0 aliphatic rings. The molecule has 4 heteroatoms. The highest BCUT2D eigenvalue weighted by Gasteiger charge is 2.19. The summed E-state index contributed by atoms with van der Waals surface area (Å²) in [6.45, 7) is 10.8. The van der Waals surface area contributed by atoms with Crippen molar-refractivity contribution in [3.05, 3.63) is 11.6 Å². The number of aromatic nitrogens is 3. The van der Waals surface area contributed by atoms with Crippen LogP contribution in [0.25, 0.3) is 0 Å². The molecule has 0 radical (unpaired) electrons. The molecule has 0 aliphatic heterocycles. The molecule has 0 saturated carbocycles. The molecule has 0 saturated heterocycles. The van der Waals surface area contributed by atoms with Gasteiger partial charge in [0.1, 0.15) is 11.6 Å². The Bertz CT molecular complexity index is 362. The Labute approximate surface area is 104 Å². The lowest BCUT2D eigenvalue weighted by atomic mass is 9.92. The van der Waals surface area contributed by atoms with Crippen LogP contribution in [-0.2, 0) is 0 Å². The second-order valence-electron chi connectivity index (χ2n) is 4.98. The summed E-state index contributed by atoms with van der Waals surface area (Å²) in [4.78, 5) is 13.1. The van der Waals surface area contributed by atoms with E-state index in [0.717, 1.165) is 24.5 Å². The van der Waals surface area contributed by atoms with Gasteiger partial charge in [-0.2, -0.15) is 9.97 Å². The highest BCUT2D eigenvalue weighted by Crippen LogP contribution is 2.26. The first-order valence-electron chi connectivity index (χ1n) is 6.50. The third kappa shape index (κ3) is 3.38. The van der Waals surface area contributed by atoms with Gasteiger partial charge in [0.05, 0.1) is 0 Å². The van der Waals surface area contributed by atoms with Crippen molar-refractivity contribution in [2.45, 2.75) is 59.3 Å². The molecular formula is C13H24N4. The smallest absolute Gasteiger partial charge is 0.223 e. The topological polar surface area (TPSA) is 64.7 Å². The summed E-state index contributed by atoms with van der Waals surface area (Å²) in [7, 11) is 0. The second kappa shape index (κ2) is 5.94. The molecule has 2 N–H and O–H groups in total. The Morgan fingerprint density at radius 3 is 2.00 bits per heavy atom. The fraction of sp³-hybridized carbons (Fsp3) is 0.769. The molecular weight excluding hydrogens is 212 g/mol. The number of rotatable bonds is 5. The fourth-order valence-electron chi connectivity index (χ4n) is 1.95. The molecule has 96 valence electrons. The molecule has 4 nitrogen and oxygen atoms in total.